The van der Waals surface area contributed by atoms with Crippen LogP contribution in [0.4, 0.5) is 0 Å². The predicted molar refractivity (Wildman–Crippen MR) is 84.2 cm³/mol. The Kier molecular flexibility index (Phi) is 6.02. The number of hydrogen-bond acceptors (Lipinski definition) is 4. The van der Waals surface area contributed by atoms with Crippen LogP contribution in [0.1, 0.15) is 41.5 Å². The number of likely N-dealkylation sites (N-methyl/N-ethyl adjacent to an activating group) is 2. The summed E-state index contributed by atoms with van der Waals surface area (Å²) in [6.07, 6.45) is 0.304. The monoisotopic (exact) mass is 286 g/mol. The fourth-order valence-electron chi connectivity index (χ4n) is 3.45. The maximum absolute atomic E-state index is 6.28. The molecule has 1 aliphatic heterocycles. The molecule has 1 aliphatic rings. The van der Waals surface area contributed by atoms with Crippen LogP contribution < -0.4 is 5.32 Å². The molecule has 4 heteroatoms. The second kappa shape index (κ2) is 6.73. The van der Waals surface area contributed by atoms with E-state index in [0.29, 0.717) is 18.1 Å². The van der Waals surface area contributed by atoms with Gasteiger partial charge in [0.1, 0.15) is 0 Å². The molecule has 1 saturated heterocycles. The van der Waals surface area contributed by atoms with E-state index in [2.05, 4.69) is 58.8 Å². The molecule has 1 fully saturated rings. The molecule has 1 rings (SSSR count). The van der Waals surface area contributed by atoms with E-state index in [0.717, 1.165) is 19.7 Å². The second-order valence-electron chi connectivity index (χ2n) is 7.36. The fraction of sp³-hybridized carbons (Fsp3) is 1.00. The lowest BCUT2D eigenvalue weighted by Crippen LogP contribution is -2.49. The molecular weight excluding hydrogens is 252 g/mol. The Morgan fingerprint density at radius 3 is 2.30 bits per heavy atom. The first-order valence-corrected chi connectivity index (χ1v) is 7.77. The third-order valence-corrected chi connectivity index (χ3v) is 4.31. The van der Waals surface area contributed by atoms with Crippen molar-refractivity contribution in [3.8, 4) is 0 Å². The minimum Gasteiger partial charge on any atom is -0.377 e. The lowest BCUT2D eigenvalue weighted by atomic mass is 9.82. The van der Waals surface area contributed by atoms with Crippen molar-refractivity contribution >= 4 is 0 Å². The molecule has 0 aromatic rings. The summed E-state index contributed by atoms with van der Waals surface area (Å²) < 4.78 is 11.9. The van der Waals surface area contributed by atoms with Crippen LogP contribution in [-0.2, 0) is 9.47 Å². The van der Waals surface area contributed by atoms with E-state index in [-0.39, 0.29) is 11.2 Å². The van der Waals surface area contributed by atoms with Crippen molar-refractivity contribution in [1.82, 2.24) is 10.2 Å². The van der Waals surface area contributed by atoms with Gasteiger partial charge in [-0.15, -0.1) is 0 Å². The Morgan fingerprint density at radius 2 is 1.80 bits per heavy atom. The predicted octanol–water partition coefficient (Wildman–Crippen LogP) is 2.13. The summed E-state index contributed by atoms with van der Waals surface area (Å²) in [4.78, 5) is 2.35. The lowest BCUT2D eigenvalue weighted by Gasteiger charge is -2.32. The first kappa shape index (κ1) is 17.9. The number of hydrogen-bond donors (Lipinski definition) is 1. The van der Waals surface area contributed by atoms with Crippen molar-refractivity contribution in [1.29, 1.82) is 0 Å². The van der Waals surface area contributed by atoms with E-state index in [1.807, 2.05) is 7.05 Å². The summed E-state index contributed by atoms with van der Waals surface area (Å²) in [6.45, 7) is 15.7. The highest BCUT2D eigenvalue weighted by Crippen LogP contribution is 2.42. The van der Waals surface area contributed by atoms with Crippen molar-refractivity contribution < 1.29 is 9.47 Å². The molecule has 0 aliphatic carbocycles. The van der Waals surface area contributed by atoms with Gasteiger partial charge in [0.05, 0.1) is 23.9 Å². The smallest absolute Gasteiger partial charge is 0.0790 e. The maximum atomic E-state index is 6.28. The van der Waals surface area contributed by atoms with Crippen molar-refractivity contribution in [3.63, 3.8) is 0 Å². The van der Waals surface area contributed by atoms with Crippen LogP contribution in [0, 0.1) is 5.92 Å². The average Bonchev–Trinajstić information content (AvgIpc) is 2.42. The Labute approximate surface area is 125 Å². The van der Waals surface area contributed by atoms with E-state index < -0.39 is 0 Å². The minimum absolute atomic E-state index is 0.107. The van der Waals surface area contributed by atoms with Gasteiger partial charge in [-0.3, -0.25) is 0 Å². The normalized spacial score (nSPS) is 28.5. The van der Waals surface area contributed by atoms with E-state index in [1.165, 1.54) is 0 Å². The highest BCUT2D eigenvalue weighted by molar-refractivity contribution is 5.05. The zero-order valence-electron chi connectivity index (χ0n) is 14.6. The third kappa shape index (κ3) is 4.42. The number of nitrogens with one attached hydrogen (secondary N) is 1. The Morgan fingerprint density at radius 1 is 1.20 bits per heavy atom. The van der Waals surface area contributed by atoms with Gasteiger partial charge < -0.3 is 19.7 Å². The number of ether oxygens (including phenoxy) is 2. The molecule has 2 unspecified atom stereocenters. The molecule has 0 bridgehead atoms. The molecule has 0 saturated carbocycles. The van der Waals surface area contributed by atoms with Gasteiger partial charge in [0, 0.05) is 25.0 Å². The first-order chi connectivity index (χ1) is 9.10. The SMILES string of the molecule is CNC1C(CN(C)CCOC(C)C)C(C)(C)OC1(C)C. The van der Waals surface area contributed by atoms with Gasteiger partial charge in [-0.25, -0.2) is 0 Å². The molecule has 120 valence electrons. The molecule has 0 aromatic heterocycles. The lowest BCUT2D eigenvalue weighted by molar-refractivity contribution is -0.0793. The molecule has 20 heavy (non-hydrogen) atoms. The van der Waals surface area contributed by atoms with Crippen LogP contribution in [0.15, 0.2) is 0 Å². The molecular formula is C16H34N2O2. The zero-order chi connectivity index (χ0) is 15.6. The van der Waals surface area contributed by atoms with E-state index in [9.17, 15) is 0 Å². The summed E-state index contributed by atoms with van der Waals surface area (Å²) in [5.74, 6) is 0.464. The molecule has 0 spiro atoms. The summed E-state index contributed by atoms with van der Waals surface area (Å²) in [5, 5.41) is 3.46. The highest BCUT2D eigenvalue weighted by Gasteiger charge is 2.53. The van der Waals surface area contributed by atoms with Crippen LogP contribution in [0.5, 0.6) is 0 Å². The topological polar surface area (TPSA) is 33.7 Å². The first-order valence-electron chi connectivity index (χ1n) is 7.77. The van der Waals surface area contributed by atoms with Gasteiger partial charge in [0.25, 0.3) is 0 Å². The van der Waals surface area contributed by atoms with Crippen molar-refractivity contribution in [2.45, 2.75) is 64.9 Å². The summed E-state index contributed by atoms with van der Waals surface area (Å²) in [7, 11) is 4.20. The summed E-state index contributed by atoms with van der Waals surface area (Å²) >= 11 is 0. The van der Waals surface area contributed by atoms with Crippen LogP contribution >= 0.6 is 0 Å². The molecule has 4 nitrogen and oxygen atoms in total. The summed E-state index contributed by atoms with van der Waals surface area (Å²) in [6, 6.07) is 0.367. The standard InChI is InChI=1S/C16H34N2O2/c1-12(2)19-10-9-18(8)11-13-14(17-7)16(5,6)20-15(13,3)4/h12-14,17H,9-11H2,1-8H3. The van der Waals surface area contributed by atoms with Crippen molar-refractivity contribution in [3.05, 3.63) is 0 Å². The fourth-order valence-corrected chi connectivity index (χ4v) is 3.45. The molecule has 1 heterocycles. The Balaban J connectivity index is 2.59. The zero-order valence-corrected chi connectivity index (χ0v) is 14.6. The van der Waals surface area contributed by atoms with Crippen LogP contribution in [0.3, 0.4) is 0 Å². The second-order valence-corrected chi connectivity index (χ2v) is 7.36. The summed E-state index contributed by atoms with van der Waals surface area (Å²) in [5.41, 5.74) is -0.234. The van der Waals surface area contributed by atoms with Gasteiger partial charge in [0.15, 0.2) is 0 Å². The van der Waals surface area contributed by atoms with Crippen LogP contribution in [0.25, 0.3) is 0 Å². The Hall–Kier alpha value is -0.160. The van der Waals surface area contributed by atoms with E-state index in [1.54, 1.807) is 0 Å². The van der Waals surface area contributed by atoms with E-state index >= 15 is 0 Å². The van der Waals surface area contributed by atoms with Gasteiger partial charge in [0.2, 0.25) is 0 Å². The van der Waals surface area contributed by atoms with Gasteiger partial charge in [-0.05, 0) is 55.6 Å². The molecule has 2 atom stereocenters. The van der Waals surface area contributed by atoms with Crippen LogP contribution in [-0.4, -0.2) is 62.0 Å². The largest absolute Gasteiger partial charge is 0.377 e. The quantitative estimate of drug-likeness (QED) is 0.777. The third-order valence-electron chi connectivity index (χ3n) is 4.31. The average molecular weight is 286 g/mol. The molecule has 0 radical (unpaired) electrons. The van der Waals surface area contributed by atoms with Gasteiger partial charge in [-0.1, -0.05) is 0 Å². The van der Waals surface area contributed by atoms with Gasteiger partial charge >= 0.3 is 0 Å². The Bertz CT molecular complexity index is 303. The highest BCUT2D eigenvalue weighted by atomic mass is 16.5. The molecule has 0 aromatic carbocycles. The minimum atomic E-state index is -0.127. The van der Waals surface area contributed by atoms with Gasteiger partial charge in [-0.2, -0.15) is 0 Å². The maximum Gasteiger partial charge on any atom is 0.0790 e. The van der Waals surface area contributed by atoms with E-state index in [4.69, 9.17) is 9.47 Å². The number of rotatable bonds is 7. The van der Waals surface area contributed by atoms with Crippen molar-refractivity contribution in [2.75, 3.05) is 33.8 Å². The molecule has 1 N–H and O–H groups in total. The number of nitrogens with zero attached hydrogens (tertiary/aromatic N) is 1. The molecule has 0 amide bonds. The van der Waals surface area contributed by atoms with Crippen LogP contribution in [0.2, 0.25) is 0 Å². The van der Waals surface area contributed by atoms with Crippen molar-refractivity contribution in [2.24, 2.45) is 5.92 Å².